The summed E-state index contributed by atoms with van der Waals surface area (Å²) in [6.45, 7) is 0. The standard InChI is InChI=1S/C14H9Cl2N3/c15-13(16)5-6-14(9-18,10-19)7-11-1-3-12(8-17)4-2-11/h1-5H,6-7H2. The van der Waals surface area contributed by atoms with Gasteiger partial charge in [-0.2, -0.15) is 15.8 Å². The van der Waals surface area contributed by atoms with Crippen molar-refractivity contribution >= 4 is 23.2 Å². The number of benzene rings is 1. The van der Waals surface area contributed by atoms with Crippen molar-refractivity contribution in [1.82, 2.24) is 0 Å². The molecule has 0 N–H and O–H groups in total. The first-order chi connectivity index (χ1) is 9.05. The van der Waals surface area contributed by atoms with E-state index in [1.165, 1.54) is 6.08 Å². The van der Waals surface area contributed by atoms with Gasteiger partial charge in [0.1, 0.15) is 4.49 Å². The lowest BCUT2D eigenvalue weighted by Gasteiger charge is -2.16. The number of hydrogen-bond acceptors (Lipinski definition) is 3. The van der Waals surface area contributed by atoms with Gasteiger partial charge < -0.3 is 0 Å². The number of hydrogen-bond donors (Lipinski definition) is 0. The van der Waals surface area contributed by atoms with Crippen molar-refractivity contribution in [3.8, 4) is 18.2 Å². The van der Waals surface area contributed by atoms with Crippen molar-refractivity contribution in [2.75, 3.05) is 0 Å². The van der Waals surface area contributed by atoms with Gasteiger partial charge >= 0.3 is 0 Å². The number of halogens is 2. The van der Waals surface area contributed by atoms with E-state index in [1.807, 2.05) is 18.2 Å². The van der Waals surface area contributed by atoms with Gasteiger partial charge in [-0.05, 0) is 17.7 Å². The van der Waals surface area contributed by atoms with Crippen molar-refractivity contribution in [2.24, 2.45) is 5.41 Å². The molecule has 0 heterocycles. The monoisotopic (exact) mass is 289 g/mol. The van der Waals surface area contributed by atoms with Crippen LogP contribution in [-0.2, 0) is 6.42 Å². The predicted octanol–water partition coefficient (Wildman–Crippen LogP) is 3.84. The van der Waals surface area contributed by atoms with Crippen LogP contribution in [0.1, 0.15) is 17.5 Å². The summed E-state index contributed by atoms with van der Waals surface area (Å²) in [6, 6.07) is 12.8. The third-order valence-electron chi connectivity index (χ3n) is 2.62. The Kier molecular flexibility index (Phi) is 5.40. The van der Waals surface area contributed by atoms with Crippen LogP contribution in [0.4, 0.5) is 0 Å². The summed E-state index contributed by atoms with van der Waals surface area (Å²) >= 11 is 11.0. The molecule has 0 saturated heterocycles. The number of nitriles is 3. The molecule has 0 spiro atoms. The van der Waals surface area contributed by atoms with E-state index in [0.29, 0.717) is 5.56 Å². The molecule has 0 unspecified atom stereocenters. The van der Waals surface area contributed by atoms with Crippen LogP contribution in [-0.4, -0.2) is 0 Å². The highest BCUT2D eigenvalue weighted by Crippen LogP contribution is 2.28. The second-order valence-electron chi connectivity index (χ2n) is 3.99. The first kappa shape index (κ1) is 15.1. The van der Waals surface area contributed by atoms with Crippen molar-refractivity contribution in [2.45, 2.75) is 12.8 Å². The summed E-state index contributed by atoms with van der Waals surface area (Å²) in [4.78, 5) is 0. The fraction of sp³-hybridized carbons (Fsp3) is 0.214. The lowest BCUT2D eigenvalue weighted by Crippen LogP contribution is -2.18. The van der Waals surface area contributed by atoms with E-state index in [-0.39, 0.29) is 17.3 Å². The van der Waals surface area contributed by atoms with Crippen LogP contribution in [0.5, 0.6) is 0 Å². The van der Waals surface area contributed by atoms with Crippen LogP contribution in [0.15, 0.2) is 34.8 Å². The number of nitrogens with zero attached hydrogens (tertiary/aromatic N) is 3. The van der Waals surface area contributed by atoms with Gasteiger partial charge in [-0.3, -0.25) is 0 Å². The minimum atomic E-state index is -1.21. The fourth-order valence-corrected chi connectivity index (χ4v) is 1.72. The summed E-state index contributed by atoms with van der Waals surface area (Å²) in [5, 5.41) is 27.1. The highest BCUT2D eigenvalue weighted by atomic mass is 35.5. The van der Waals surface area contributed by atoms with E-state index in [0.717, 1.165) is 5.56 Å². The SMILES string of the molecule is N#Cc1ccc(CC(C#N)(C#N)CC=C(Cl)Cl)cc1. The van der Waals surface area contributed by atoms with E-state index < -0.39 is 5.41 Å². The molecule has 94 valence electrons. The van der Waals surface area contributed by atoms with Crippen molar-refractivity contribution in [3.63, 3.8) is 0 Å². The van der Waals surface area contributed by atoms with Gasteiger partial charge in [0.15, 0.2) is 5.41 Å². The maximum Gasteiger partial charge on any atom is 0.151 e. The van der Waals surface area contributed by atoms with Gasteiger partial charge in [0.25, 0.3) is 0 Å². The minimum absolute atomic E-state index is 0.0368. The lowest BCUT2D eigenvalue weighted by atomic mass is 9.81. The first-order valence-corrected chi connectivity index (χ1v) is 6.13. The number of allylic oxidation sites excluding steroid dienone is 1. The second-order valence-corrected chi connectivity index (χ2v) is 5.00. The fourth-order valence-electron chi connectivity index (χ4n) is 1.56. The third kappa shape index (κ3) is 4.31. The molecule has 0 aromatic heterocycles. The maximum atomic E-state index is 9.21. The predicted molar refractivity (Wildman–Crippen MR) is 72.9 cm³/mol. The Balaban J connectivity index is 2.96. The van der Waals surface area contributed by atoms with Gasteiger partial charge in [0, 0.05) is 12.8 Å². The third-order valence-corrected chi connectivity index (χ3v) is 2.93. The molecule has 0 radical (unpaired) electrons. The first-order valence-electron chi connectivity index (χ1n) is 5.38. The molecule has 0 bridgehead atoms. The minimum Gasteiger partial charge on any atom is -0.197 e. The Hall–Kier alpha value is -1.99. The molecule has 0 aliphatic heterocycles. The Morgan fingerprint density at radius 3 is 2.11 bits per heavy atom. The number of rotatable bonds is 4. The Morgan fingerprint density at radius 2 is 1.68 bits per heavy atom. The molecule has 3 nitrogen and oxygen atoms in total. The Morgan fingerprint density at radius 1 is 1.11 bits per heavy atom. The van der Waals surface area contributed by atoms with Crippen LogP contribution < -0.4 is 0 Å². The smallest absolute Gasteiger partial charge is 0.151 e. The van der Waals surface area contributed by atoms with Crippen LogP contribution in [0.3, 0.4) is 0 Å². The molecule has 1 aromatic rings. The molecule has 0 amide bonds. The molecule has 1 rings (SSSR count). The molecule has 19 heavy (non-hydrogen) atoms. The highest BCUT2D eigenvalue weighted by molar-refractivity contribution is 6.55. The van der Waals surface area contributed by atoms with Gasteiger partial charge in [-0.15, -0.1) is 0 Å². The summed E-state index contributed by atoms with van der Waals surface area (Å²) in [5.74, 6) is 0. The van der Waals surface area contributed by atoms with E-state index >= 15 is 0 Å². The Labute approximate surface area is 121 Å². The highest BCUT2D eigenvalue weighted by Gasteiger charge is 2.29. The molecular weight excluding hydrogens is 281 g/mol. The van der Waals surface area contributed by atoms with Crippen LogP contribution >= 0.6 is 23.2 Å². The van der Waals surface area contributed by atoms with Gasteiger partial charge in [-0.1, -0.05) is 41.4 Å². The van der Waals surface area contributed by atoms with Crippen LogP contribution in [0.25, 0.3) is 0 Å². The van der Waals surface area contributed by atoms with Gasteiger partial charge in [0.05, 0.1) is 23.8 Å². The molecule has 0 saturated carbocycles. The molecule has 0 fully saturated rings. The van der Waals surface area contributed by atoms with E-state index in [9.17, 15) is 10.5 Å². The molecule has 5 heteroatoms. The largest absolute Gasteiger partial charge is 0.197 e. The topological polar surface area (TPSA) is 71.4 Å². The molecule has 0 aliphatic rings. The maximum absolute atomic E-state index is 9.21. The van der Waals surface area contributed by atoms with E-state index in [2.05, 4.69) is 0 Å². The summed E-state index contributed by atoms with van der Waals surface area (Å²) in [5.41, 5.74) is 0.136. The zero-order valence-corrected chi connectivity index (χ0v) is 11.4. The quantitative estimate of drug-likeness (QED) is 0.845. The van der Waals surface area contributed by atoms with Crippen LogP contribution in [0.2, 0.25) is 0 Å². The van der Waals surface area contributed by atoms with Crippen molar-refractivity contribution in [3.05, 3.63) is 46.0 Å². The summed E-state index contributed by atoms with van der Waals surface area (Å²) < 4.78 is 0.0368. The van der Waals surface area contributed by atoms with E-state index in [4.69, 9.17) is 28.5 Å². The van der Waals surface area contributed by atoms with Crippen molar-refractivity contribution in [1.29, 1.82) is 15.8 Å². The molecule has 0 atom stereocenters. The summed E-state index contributed by atoms with van der Waals surface area (Å²) in [6.07, 6.45) is 1.85. The zero-order valence-electron chi connectivity index (χ0n) is 9.90. The van der Waals surface area contributed by atoms with E-state index in [1.54, 1.807) is 24.3 Å². The Bertz CT molecular complexity index is 580. The van der Waals surface area contributed by atoms with Gasteiger partial charge in [-0.25, -0.2) is 0 Å². The summed E-state index contributed by atoms with van der Waals surface area (Å²) in [7, 11) is 0. The zero-order chi connectivity index (χ0) is 14.3. The van der Waals surface area contributed by atoms with Gasteiger partial charge in [0.2, 0.25) is 0 Å². The lowest BCUT2D eigenvalue weighted by molar-refractivity contribution is 0.526. The molecule has 1 aromatic carbocycles. The van der Waals surface area contributed by atoms with Crippen LogP contribution in [0, 0.1) is 39.4 Å². The molecule has 0 aliphatic carbocycles. The molecular formula is C14H9Cl2N3. The normalized spacial score (nSPS) is 9.84. The average Bonchev–Trinajstić information content (AvgIpc) is 2.44. The average molecular weight is 290 g/mol. The second kappa shape index (κ2) is 6.81. The van der Waals surface area contributed by atoms with Crippen molar-refractivity contribution < 1.29 is 0 Å².